The van der Waals surface area contributed by atoms with Crippen molar-refractivity contribution in [2.75, 3.05) is 13.7 Å². The van der Waals surface area contributed by atoms with Gasteiger partial charge in [-0.2, -0.15) is 0 Å². The molecule has 3 aromatic rings. The Labute approximate surface area is 225 Å². The van der Waals surface area contributed by atoms with Crippen molar-refractivity contribution >= 4 is 23.0 Å². The summed E-state index contributed by atoms with van der Waals surface area (Å²) in [5.74, 6) is -0.262. The number of aliphatic hydroxyl groups excluding tert-OH is 1. The number of nitrogens with zero attached hydrogens (tertiary/aromatic N) is 3. The summed E-state index contributed by atoms with van der Waals surface area (Å²) in [5, 5.41) is 17.8. The van der Waals surface area contributed by atoms with Gasteiger partial charge < -0.3 is 24.6 Å². The van der Waals surface area contributed by atoms with Gasteiger partial charge in [0.05, 0.1) is 35.3 Å². The van der Waals surface area contributed by atoms with Gasteiger partial charge in [0, 0.05) is 30.8 Å². The Morgan fingerprint density at radius 3 is 2.66 bits per heavy atom. The number of likely N-dealkylation sites (tertiary alicyclic amines) is 1. The molecule has 1 aromatic carbocycles. The lowest BCUT2D eigenvalue weighted by Gasteiger charge is -2.32. The normalized spacial score (nSPS) is 24.0. The van der Waals surface area contributed by atoms with Crippen LogP contribution < -0.4 is 10.1 Å². The molecule has 2 aliphatic heterocycles. The minimum absolute atomic E-state index is 0.0864. The van der Waals surface area contributed by atoms with Crippen LogP contribution in [0.3, 0.4) is 0 Å². The summed E-state index contributed by atoms with van der Waals surface area (Å²) in [7, 11) is 1.49. The van der Waals surface area contributed by atoms with Gasteiger partial charge in [0.25, 0.3) is 5.88 Å². The molecular formula is C28H32N4O5S. The van der Waals surface area contributed by atoms with Crippen molar-refractivity contribution in [3.05, 3.63) is 64.6 Å². The van der Waals surface area contributed by atoms with Crippen LogP contribution in [-0.4, -0.2) is 57.6 Å². The van der Waals surface area contributed by atoms with Crippen LogP contribution in [0.2, 0.25) is 0 Å². The van der Waals surface area contributed by atoms with Gasteiger partial charge in [0.15, 0.2) is 11.5 Å². The molecule has 4 heterocycles. The van der Waals surface area contributed by atoms with Gasteiger partial charge in [-0.25, -0.2) is 4.98 Å². The van der Waals surface area contributed by atoms with E-state index < -0.39 is 23.6 Å². The Bertz CT molecular complexity index is 1380. The van der Waals surface area contributed by atoms with Gasteiger partial charge in [-0.05, 0) is 36.0 Å². The number of rotatable bonds is 7. The van der Waals surface area contributed by atoms with Crippen LogP contribution in [0.1, 0.15) is 50.1 Å². The van der Waals surface area contributed by atoms with E-state index in [9.17, 15) is 14.7 Å². The van der Waals surface area contributed by atoms with E-state index in [4.69, 9.17) is 9.26 Å². The number of ether oxygens (including phenoxy) is 1. The molecule has 2 aromatic heterocycles. The van der Waals surface area contributed by atoms with Crippen LogP contribution in [0, 0.1) is 12.8 Å². The van der Waals surface area contributed by atoms with E-state index in [1.54, 1.807) is 28.4 Å². The largest absolute Gasteiger partial charge is 0.479 e. The number of carbonyl (C=O) groups is 2. The maximum atomic E-state index is 13.8. The molecular weight excluding hydrogens is 504 g/mol. The number of benzene rings is 1. The lowest BCUT2D eigenvalue weighted by molar-refractivity contribution is -0.135. The van der Waals surface area contributed by atoms with Gasteiger partial charge in [-0.1, -0.05) is 38.1 Å². The molecule has 9 nitrogen and oxygen atoms in total. The fraction of sp³-hybridized carbons (Fsp3) is 0.429. The summed E-state index contributed by atoms with van der Waals surface area (Å²) in [6.07, 6.45) is 1.21. The number of methoxy groups -OCH3 is 1. The number of aliphatic hydroxyl groups is 1. The van der Waals surface area contributed by atoms with Crippen LogP contribution >= 0.6 is 11.3 Å². The highest BCUT2D eigenvalue weighted by atomic mass is 32.1. The number of amides is 1. The fourth-order valence-electron chi connectivity index (χ4n) is 5.38. The molecule has 2 aliphatic rings. The Hall–Kier alpha value is -3.50. The predicted molar refractivity (Wildman–Crippen MR) is 143 cm³/mol. The van der Waals surface area contributed by atoms with Crippen molar-refractivity contribution in [1.29, 1.82) is 0 Å². The minimum Gasteiger partial charge on any atom is -0.479 e. The third-order valence-electron chi connectivity index (χ3n) is 7.52. The fourth-order valence-corrected chi connectivity index (χ4v) is 6.19. The number of hydrogen-bond donors (Lipinski definition) is 2. The smallest absolute Gasteiger partial charge is 0.254 e. The Morgan fingerprint density at radius 1 is 1.32 bits per heavy atom. The first-order valence-electron chi connectivity index (χ1n) is 12.7. The minimum atomic E-state index is -0.978. The molecule has 0 radical (unpaired) electrons. The van der Waals surface area contributed by atoms with Gasteiger partial charge in [0.2, 0.25) is 5.91 Å². The highest BCUT2D eigenvalue weighted by Crippen LogP contribution is 2.38. The van der Waals surface area contributed by atoms with Crippen molar-refractivity contribution in [3.63, 3.8) is 0 Å². The summed E-state index contributed by atoms with van der Waals surface area (Å²) in [6.45, 7) is 7.87. The second kappa shape index (κ2) is 9.99. The van der Waals surface area contributed by atoms with Gasteiger partial charge >= 0.3 is 0 Å². The lowest BCUT2D eigenvalue weighted by Crippen LogP contribution is -2.46. The lowest BCUT2D eigenvalue weighted by atomic mass is 9.89. The monoisotopic (exact) mass is 536 g/mol. The van der Waals surface area contributed by atoms with E-state index >= 15 is 0 Å². The molecule has 1 saturated heterocycles. The second-order valence-corrected chi connectivity index (χ2v) is 11.3. The first-order chi connectivity index (χ1) is 18.1. The Balaban J connectivity index is 1.39. The van der Waals surface area contributed by atoms with E-state index in [0.717, 1.165) is 21.7 Å². The third kappa shape index (κ3) is 4.52. The molecule has 1 amide bonds. The molecule has 38 heavy (non-hydrogen) atoms. The third-order valence-corrected chi connectivity index (χ3v) is 8.50. The quantitative estimate of drug-likeness (QED) is 0.468. The van der Waals surface area contributed by atoms with Crippen molar-refractivity contribution in [1.82, 2.24) is 20.4 Å². The number of thiazole rings is 1. The number of hydrogen-bond acceptors (Lipinski definition) is 9. The first kappa shape index (κ1) is 26.1. The van der Waals surface area contributed by atoms with E-state index in [-0.39, 0.29) is 24.2 Å². The average molecular weight is 537 g/mol. The second-order valence-electron chi connectivity index (χ2n) is 10.4. The zero-order chi connectivity index (χ0) is 27.2. The van der Waals surface area contributed by atoms with Gasteiger partial charge in [-0.3, -0.25) is 9.59 Å². The van der Waals surface area contributed by atoms with Crippen LogP contribution in [0.4, 0.5) is 0 Å². The molecule has 0 spiro atoms. The number of β-amino-alcohol motifs (C(OH)–C–C–N with tert-alkyl or cyclic N) is 1. The number of carbonyl (C=O) groups excluding carboxylic acids is 2. The predicted octanol–water partition coefficient (Wildman–Crippen LogP) is 3.79. The molecule has 5 rings (SSSR count). The highest BCUT2D eigenvalue weighted by molar-refractivity contribution is 7.13. The highest BCUT2D eigenvalue weighted by Gasteiger charge is 2.47. The molecule has 4 atom stereocenters. The Kier molecular flexibility index (Phi) is 6.87. The number of ketones is 1. The summed E-state index contributed by atoms with van der Waals surface area (Å²) in [5.41, 5.74) is 4.32. The first-order valence-corrected chi connectivity index (χ1v) is 13.5. The van der Waals surface area contributed by atoms with E-state index in [1.165, 1.54) is 7.11 Å². The SMILES string of the molecule is COc1cc([C@H](C(=O)N2C[C@H](O)C[C@H]2C2=CC(=O)[C@@](C)(c3ccc(-c4scnc4C)cc3)N2)C(C)C)on1. The summed E-state index contributed by atoms with van der Waals surface area (Å²) in [6, 6.07) is 9.07. The maximum absolute atomic E-state index is 13.8. The molecule has 10 heteroatoms. The van der Waals surface area contributed by atoms with Gasteiger partial charge in [-0.15, -0.1) is 11.3 Å². The van der Waals surface area contributed by atoms with Crippen molar-refractivity contribution in [3.8, 4) is 16.3 Å². The topological polar surface area (TPSA) is 118 Å². The number of aromatic nitrogens is 2. The van der Waals surface area contributed by atoms with Crippen LogP contribution in [0.15, 0.2) is 52.1 Å². The summed E-state index contributed by atoms with van der Waals surface area (Å²) >= 11 is 1.58. The van der Waals surface area contributed by atoms with E-state index in [1.807, 2.05) is 57.5 Å². The van der Waals surface area contributed by atoms with Crippen molar-refractivity contribution in [2.24, 2.45) is 5.92 Å². The van der Waals surface area contributed by atoms with Crippen LogP contribution in [0.25, 0.3) is 10.4 Å². The number of nitrogens with one attached hydrogen (secondary N) is 1. The average Bonchev–Trinajstić information content (AvgIpc) is 3.67. The van der Waals surface area contributed by atoms with Gasteiger partial charge in [0.1, 0.15) is 11.5 Å². The Morgan fingerprint density at radius 2 is 2.05 bits per heavy atom. The maximum Gasteiger partial charge on any atom is 0.254 e. The van der Waals surface area contributed by atoms with Crippen LogP contribution in [0.5, 0.6) is 5.88 Å². The summed E-state index contributed by atoms with van der Waals surface area (Å²) < 4.78 is 10.6. The summed E-state index contributed by atoms with van der Waals surface area (Å²) in [4.78, 5) is 34.2. The van der Waals surface area contributed by atoms with Crippen molar-refractivity contribution in [2.45, 2.75) is 57.7 Å². The molecule has 0 aliphatic carbocycles. The molecule has 200 valence electrons. The van der Waals surface area contributed by atoms with Crippen LogP contribution in [-0.2, 0) is 15.1 Å². The molecule has 0 unspecified atom stereocenters. The van der Waals surface area contributed by atoms with E-state index in [0.29, 0.717) is 23.8 Å². The molecule has 1 fully saturated rings. The zero-order valence-electron chi connectivity index (χ0n) is 22.1. The molecule has 0 bridgehead atoms. The van der Waals surface area contributed by atoms with E-state index in [2.05, 4.69) is 15.5 Å². The molecule has 0 saturated carbocycles. The molecule has 2 N–H and O–H groups in total. The zero-order valence-corrected chi connectivity index (χ0v) is 22.9. The number of aryl methyl sites for hydroxylation is 1. The standard InChI is InChI=1S/C28H32N4O5S/c1-15(2)25(22-12-24(36-5)31-37-22)27(35)32-13-19(33)10-21(32)20-11-23(34)28(4,30-20)18-8-6-17(7-9-18)26-16(3)29-14-38-26/h6-9,11-12,14-15,19,21,25,30,33H,10,13H2,1-5H3/t19-,21+,25-,28-/m1/s1. The van der Waals surface area contributed by atoms with Crippen molar-refractivity contribution < 1.29 is 24.0 Å².